The molecule has 2 rings (SSSR count). The number of hydrogen-bond acceptors (Lipinski definition) is 2. The number of aryl methyl sites for hydroxylation is 1. The number of benzene rings is 1. The van der Waals surface area contributed by atoms with Crippen molar-refractivity contribution < 1.29 is 0 Å². The lowest BCUT2D eigenvalue weighted by atomic mass is 10.1. The summed E-state index contributed by atoms with van der Waals surface area (Å²) >= 11 is 2.11. The van der Waals surface area contributed by atoms with E-state index < -0.39 is 0 Å². The van der Waals surface area contributed by atoms with Gasteiger partial charge in [0.25, 0.3) is 0 Å². The van der Waals surface area contributed by atoms with E-state index in [0.29, 0.717) is 0 Å². The van der Waals surface area contributed by atoms with Crippen molar-refractivity contribution in [2.45, 2.75) is 32.7 Å². The van der Waals surface area contributed by atoms with Crippen molar-refractivity contribution >= 4 is 11.8 Å². The van der Waals surface area contributed by atoms with E-state index in [1.807, 2.05) is 0 Å². The highest BCUT2D eigenvalue weighted by Crippen LogP contribution is 2.16. The Bertz CT molecular complexity index is 333. The van der Waals surface area contributed by atoms with Crippen LogP contribution < -0.4 is 0 Å². The lowest BCUT2D eigenvalue weighted by molar-refractivity contribution is 0.224. The predicted molar refractivity (Wildman–Crippen MR) is 77.9 cm³/mol. The second kappa shape index (κ2) is 6.46. The van der Waals surface area contributed by atoms with Gasteiger partial charge < -0.3 is 0 Å². The van der Waals surface area contributed by atoms with E-state index >= 15 is 0 Å². The molecular formula is C15H23NS. The summed E-state index contributed by atoms with van der Waals surface area (Å²) in [6.07, 6.45) is 2.54. The summed E-state index contributed by atoms with van der Waals surface area (Å²) in [7, 11) is 0. The fourth-order valence-corrected chi connectivity index (χ4v) is 3.38. The quantitative estimate of drug-likeness (QED) is 0.808. The first-order valence-electron chi connectivity index (χ1n) is 6.63. The van der Waals surface area contributed by atoms with Crippen LogP contribution >= 0.6 is 11.8 Å². The molecule has 0 spiro atoms. The minimum absolute atomic E-state index is 0.760. The Hall–Kier alpha value is -0.470. The molecular weight excluding hydrogens is 226 g/mol. The van der Waals surface area contributed by atoms with Crippen LogP contribution in [0, 0.1) is 6.92 Å². The molecule has 1 fully saturated rings. The molecule has 1 nitrogen and oxygen atoms in total. The third-order valence-electron chi connectivity index (χ3n) is 3.63. The monoisotopic (exact) mass is 249 g/mol. The van der Waals surface area contributed by atoms with Crippen LogP contribution in [-0.2, 0) is 6.42 Å². The second-order valence-electron chi connectivity index (χ2n) is 5.02. The average Bonchev–Trinajstić information content (AvgIpc) is 2.54. The van der Waals surface area contributed by atoms with Gasteiger partial charge >= 0.3 is 0 Å². The third-order valence-corrected chi connectivity index (χ3v) is 4.63. The molecule has 1 atom stereocenters. The minimum Gasteiger partial charge on any atom is -0.299 e. The topological polar surface area (TPSA) is 3.24 Å². The Morgan fingerprint density at radius 2 is 2.00 bits per heavy atom. The van der Waals surface area contributed by atoms with Crippen molar-refractivity contribution in [3.8, 4) is 0 Å². The van der Waals surface area contributed by atoms with Crippen LogP contribution in [0.25, 0.3) is 0 Å². The van der Waals surface area contributed by atoms with Gasteiger partial charge in [-0.1, -0.05) is 29.8 Å². The first kappa shape index (κ1) is 13.0. The zero-order valence-electron chi connectivity index (χ0n) is 11.0. The Morgan fingerprint density at radius 1 is 1.24 bits per heavy atom. The highest BCUT2D eigenvalue weighted by atomic mass is 32.2. The van der Waals surface area contributed by atoms with Crippen molar-refractivity contribution in [1.29, 1.82) is 0 Å². The van der Waals surface area contributed by atoms with Gasteiger partial charge in [-0.15, -0.1) is 0 Å². The summed E-state index contributed by atoms with van der Waals surface area (Å²) in [6, 6.07) is 9.74. The molecule has 0 aliphatic carbocycles. The van der Waals surface area contributed by atoms with Crippen LogP contribution in [0.15, 0.2) is 24.3 Å². The standard InChI is InChI=1S/C15H23NS/c1-13-3-5-15(6-4-13)7-9-16-10-12-17-11-8-14(16)2/h3-6,14H,7-12H2,1-2H3/t14-/m0/s1. The van der Waals surface area contributed by atoms with Crippen molar-refractivity contribution in [2.75, 3.05) is 24.6 Å². The van der Waals surface area contributed by atoms with Gasteiger partial charge in [0.05, 0.1) is 0 Å². The van der Waals surface area contributed by atoms with Crippen LogP contribution in [0.2, 0.25) is 0 Å². The fourth-order valence-electron chi connectivity index (χ4n) is 2.30. The number of nitrogens with zero attached hydrogens (tertiary/aromatic N) is 1. The summed E-state index contributed by atoms with van der Waals surface area (Å²) < 4.78 is 0. The van der Waals surface area contributed by atoms with E-state index in [1.54, 1.807) is 0 Å². The average molecular weight is 249 g/mol. The summed E-state index contributed by atoms with van der Waals surface area (Å²) in [5.74, 6) is 2.64. The molecule has 0 N–H and O–H groups in total. The predicted octanol–water partition coefficient (Wildman–Crippen LogP) is 3.36. The van der Waals surface area contributed by atoms with Gasteiger partial charge in [0, 0.05) is 24.9 Å². The number of rotatable bonds is 3. The molecule has 0 aromatic heterocycles. The van der Waals surface area contributed by atoms with Crippen LogP contribution in [0.5, 0.6) is 0 Å². The van der Waals surface area contributed by atoms with Crippen molar-refractivity contribution in [3.05, 3.63) is 35.4 Å². The van der Waals surface area contributed by atoms with Crippen LogP contribution in [0.4, 0.5) is 0 Å². The maximum absolute atomic E-state index is 2.65. The Morgan fingerprint density at radius 3 is 2.76 bits per heavy atom. The van der Waals surface area contributed by atoms with Gasteiger partial charge in [0.2, 0.25) is 0 Å². The third kappa shape index (κ3) is 4.04. The largest absolute Gasteiger partial charge is 0.299 e. The SMILES string of the molecule is Cc1ccc(CCN2CCSCC[C@@H]2C)cc1. The van der Waals surface area contributed by atoms with Gasteiger partial charge in [-0.3, -0.25) is 4.90 Å². The number of thioether (sulfide) groups is 1. The van der Waals surface area contributed by atoms with Crippen LogP contribution in [-0.4, -0.2) is 35.5 Å². The highest BCUT2D eigenvalue weighted by Gasteiger charge is 2.16. The van der Waals surface area contributed by atoms with Crippen molar-refractivity contribution in [3.63, 3.8) is 0 Å². The Balaban J connectivity index is 1.85. The normalized spacial score (nSPS) is 22.4. The number of hydrogen-bond donors (Lipinski definition) is 0. The van der Waals surface area contributed by atoms with Gasteiger partial charge in [-0.05, 0) is 38.0 Å². The maximum Gasteiger partial charge on any atom is 0.00753 e. The molecule has 1 aromatic carbocycles. The van der Waals surface area contributed by atoms with Crippen molar-refractivity contribution in [2.24, 2.45) is 0 Å². The van der Waals surface area contributed by atoms with E-state index in [4.69, 9.17) is 0 Å². The van der Waals surface area contributed by atoms with Gasteiger partial charge in [-0.2, -0.15) is 11.8 Å². The molecule has 0 saturated carbocycles. The van der Waals surface area contributed by atoms with E-state index in [0.717, 1.165) is 6.04 Å². The van der Waals surface area contributed by atoms with Gasteiger partial charge in [-0.25, -0.2) is 0 Å². The van der Waals surface area contributed by atoms with Crippen molar-refractivity contribution in [1.82, 2.24) is 4.90 Å². The van der Waals surface area contributed by atoms with Crippen LogP contribution in [0.1, 0.15) is 24.5 Å². The van der Waals surface area contributed by atoms with Gasteiger partial charge in [0.15, 0.2) is 0 Å². The lowest BCUT2D eigenvalue weighted by Gasteiger charge is -2.26. The highest BCUT2D eigenvalue weighted by molar-refractivity contribution is 7.99. The molecule has 0 unspecified atom stereocenters. The molecule has 2 heteroatoms. The molecule has 0 bridgehead atoms. The molecule has 0 amide bonds. The molecule has 94 valence electrons. The molecule has 1 aliphatic rings. The molecule has 1 aromatic rings. The van der Waals surface area contributed by atoms with E-state index in [2.05, 4.69) is 54.8 Å². The Kier molecular flexibility index (Phi) is 4.93. The Labute approximate surface area is 110 Å². The molecule has 17 heavy (non-hydrogen) atoms. The summed E-state index contributed by atoms with van der Waals surface area (Å²) in [5.41, 5.74) is 2.83. The van der Waals surface area contributed by atoms with E-state index in [-0.39, 0.29) is 0 Å². The second-order valence-corrected chi connectivity index (χ2v) is 6.25. The van der Waals surface area contributed by atoms with E-state index in [9.17, 15) is 0 Å². The molecule has 0 radical (unpaired) electrons. The fraction of sp³-hybridized carbons (Fsp3) is 0.600. The molecule has 1 heterocycles. The lowest BCUT2D eigenvalue weighted by Crippen LogP contribution is -2.35. The smallest absolute Gasteiger partial charge is 0.00753 e. The minimum atomic E-state index is 0.760. The van der Waals surface area contributed by atoms with Gasteiger partial charge in [0.1, 0.15) is 0 Å². The van der Waals surface area contributed by atoms with Crippen LogP contribution in [0.3, 0.4) is 0 Å². The maximum atomic E-state index is 2.65. The zero-order chi connectivity index (χ0) is 12.1. The van der Waals surface area contributed by atoms with E-state index in [1.165, 1.54) is 48.6 Å². The summed E-state index contributed by atoms with van der Waals surface area (Å²) in [6.45, 7) is 7.00. The molecule has 1 aliphatic heterocycles. The first-order chi connectivity index (χ1) is 8.25. The first-order valence-corrected chi connectivity index (χ1v) is 7.78. The zero-order valence-corrected chi connectivity index (χ0v) is 11.8. The summed E-state index contributed by atoms with van der Waals surface area (Å²) in [5, 5.41) is 0. The summed E-state index contributed by atoms with van der Waals surface area (Å²) in [4.78, 5) is 2.65. The molecule has 1 saturated heterocycles.